The van der Waals surface area contributed by atoms with Crippen molar-refractivity contribution in [2.45, 2.75) is 89.3 Å². The van der Waals surface area contributed by atoms with Crippen molar-refractivity contribution in [3.05, 3.63) is 5.82 Å². The number of piperazine rings is 1. The summed E-state index contributed by atoms with van der Waals surface area (Å²) in [6.07, 6.45) is 13.2. The van der Waals surface area contributed by atoms with Gasteiger partial charge in [0.1, 0.15) is 0 Å². The number of nitrogens with zero attached hydrogens (tertiary/aromatic N) is 6. The Balaban J connectivity index is 1.44. The van der Waals surface area contributed by atoms with Gasteiger partial charge in [-0.1, -0.05) is 39.0 Å². The van der Waals surface area contributed by atoms with Gasteiger partial charge in [0, 0.05) is 32.2 Å². The zero-order valence-electron chi connectivity index (χ0n) is 15.8. The van der Waals surface area contributed by atoms with Crippen molar-refractivity contribution in [1.82, 2.24) is 30.0 Å². The molecule has 4 rings (SSSR count). The summed E-state index contributed by atoms with van der Waals surface area (Å²) < 4.78 is 2.18. The van der Waals surface area contributed by atoms with Crippen LogP contribution in [0.4, 0.5) is 0 Å². The third-order valence-corrected chi connectivity index (χ3v) is 6.68. The lowest BCUT2D eigenvalue weighted by Crippen LogP contribution is -2.50. The summed E-state index contributed by atoms with van der Waals surface area (Å²) in [5, 5.41) is 13.0. The fraction of sp³-hybridized carbons (Fsp3) is 0.947. The molecular formula is C19H34N6. The molecule has 6 nitrogen and oxygen atoms in total. The maximum Gasteiger partial charge on any atom is 0.168 e. The van der Waals surface area contributed by atoms with Crippen LogP contribution in [0, 0.1) is 0 Å². The number of hydrogen-bond acceptors (Lipinski definition) is 5. The van der Waals surface area contributed by atoms with Crippen molar-refractivity contribution in [2.75, 3.05) is 26.2 Å². The number of tetrazole rings is 1. The first-order valence-corrected chi connectivity index (χ1v) is 10.6. The predicted octanol–water partition coefficient (Wildman–Crippen LogP) is 3.19. The van der Waals surface area contributed by atoms with Crippen LogP contribution in [0.1, 0.15) is 89.0 Å². The van der Waals surface area contributed by atoms with E-state index in [1.807, 2.05) is 0 Å². The van der Waals surface area contributed by atoms with E-state index < -0.39 is 0 Å². The van der Waals surface area contributed by atoms with Crippen LogP contribution in [0.3, 0.4) is 0 Å². The first-order valence-electron chi connectivity index (χ1n) is 10.6. The Morgan fingerprint density at radius 3 is 2.20 bits per heavy atom. The van der Waals surface area contributed by atoms with E-state index in [9.17, 15) is 0 Å². The third kappa shape index (κ3) is 3.75. The lowest BCUT2D eigenvalue weighted by molar-refractivity contribution is 0.0619. The van der Waals surface area contributed by atoms with Gasteiger partial charge >= 0.3 is 0 Å². The quantitative estimate of drug-likeness (QED) is 0.792. The first-order chi connectivity index (χ1) is 12.4. The van der Waals surface area contributed by atoms with Crippen LogP contribution >= 0.6 is 0 Å². The second-order valence-corrected chi connectivity index (χ2v) is 8.23. The normalized spacial score (nSPS) is 25.8. The average Bonchev–Trinajstić information content (AvgIpc) is 3.42. The van der Waals surface area contributed by atoms with Crippen LogP contribution in [0.5, 0.6) is 0 Å². The molecule has 1 aromatic rings. The summed E-state index contributed by atoms with van der Waals surface area (Å²) >= 11 is 0. The number of rotatable bonds is 6. The molecule has 0 amide bonds. The highest BCUT2D eigenvalue weighted by Gasteiger charge is 2.33. The Hall–Kier alpha value is -1.01. The van der Waals surface area contributed by atoms with Crippen molar-refractivity contribution in [2.24, 2.45) is 0 Å². The maximum absolute atomic E-state index is 4.50. The van der Waals surface area contributed by atoms with Crippen molar-refractivity contribution >= 4 is 0 Å². The minimum Gasteiger partial charge on any atom is -0.298 e. The van der Waals surface area contributed by atoms with Crippen molar-refractivity contribution in [1.29, 1.82) is 0 Å². The number of hydrogen-bond donors (Lipinski definition) is 0. The van der Waals surface area contributed by atoms with Crippen molar-refractivity contribution < 1.29 is 0 Å². The summed E-state index contributed by atoms with van der Waals surface area (Å²) in [5.74, 6) is 1.13. The van der Waals surface area contributed by atoms with Crippen LogP contribution in [0.2, 0.25) is 0 Å². The molecule has 0 aromatic carbocycles. The molecule has 140 valence electrons. The van der Waals surface area contributed by atoms with Gasteiger partial charge in [-0.05, 0) is 42.5 Å². The second-order valence-electron chi connectivity index (χ2n) is 8.23. The molecule has 1 aliphatic heterocycles. The second kappa shape index (κ2) is 8.12. The van der Waals surface area contributed by atoms with E-state index in [-0.39, 0.29) is 0 Å². The smallest absolute Gasteiger partial charge is 0.168 e. The van der Waals surface area contributed by atoms with Gasteiger partial charge in [-0.3, -0.25) is 9.80 Å². The molecule has 1 aromatic heterocycles. The first kappa shape index (κ1) is 17.4. The van der Waals surface area contributed by atoms with Gasteiger partial charge < -0.3 is 0 Å². The van der Waals surface area contributed by atoms with E-state index in [1.165, 1.54) is 84.0 Å². The predicted molar refractivity (Wildman–Crippen MR) is 98.4 cm³/mol. The summed E-state index contributed by atoms with van der Waals surface area (Å²) in [6, 6.07) is 1.78. The highest BCUT2D eigenvalue weighted by Crippen LogP contribution is 2.33. The van der Waals surface area contributed by atoms with E-state index in [2.05, 4.69) is 36.9 Å². The molecule has 3 aliphatic rings. The Morgan fingerprint density at radius 1 is 0.920 bits per heavy atom. The SMILES string of the molecule is CCC[C@@H](c1nnnn1C1CCCC1)N1CCN(C2CCCC2)CC1. The third-order valence-electron chi connectivity index (χ3n) is 6.68. The van der Waals surface area contributed by atoms with E-state index in [4.69, 9.17) is 0 Å². The largest absolute Gasteiger partial charge is 0.298 e. The lowest BCUT2D eigenvalue weighted by Gasteiger charge is -2.41. The summed E-state index contributed by atoms with van der Waals surface area (Å²) in [5.41, 5.74) is 0. The minimum absolute atomic E-state index is 0.395. The molecule has 3 fully saturated rings. The maximum atomic E-state index is 4.50. The van der Waals surface area contributed by atoms with E-state index >= 15 is 0 Å². The zero-order chi connectivity index (χ0) is 17.1. The lowest BCUT2D eigenvalue weighted by atomic mass is 10.1. The zero-order valence-corrected chi connectivity index (χ0v) is 15.8. The van der Waals surface area contributed by atoms with Gasteiger partial charge in [-0.25, -0.2) is 4.68 Å². The van der Waals surface area contributed by atoms with Crippen LogP contribution in [-0.2, 0) is 0 Å². The van der Waals surface area contributed by atoms with E-state index in [0.717, 1.165) is 18.3 Å². The van der Waals surface area contributed by atoms with Crippen molar-refractivity contribution in [3.63, 3.8) is 0 Å². The van der Waals surface area contributed by atoms with Gasteiger partial charge in [0.05, 0.1) is 12.1 Å². The molecular weight excluding hydrogens is 312 g/mol. The molecule has 0 unspecified atom stereocenters. The highest BCUT2D eigenvalue weighted by molar-refractivity contribution is 4.98. The topological polar surface area (TPSA) is 50.1 Å². The Labute approximate surface area is 151 Å². The fourth-order valence-corrected chi connectivity index (χ4v) is 5.26. The molecule has 0 radical (unpaired) electrons. The highest BCUT2D eigenvalue weighted by atomic mass is 15.6. The summed E-state index contributed by atoms with van der Waals surface area (Å²) in [6.45, 7) is 7.05. The summed E-state index contributed by atoms with van der Waals surface area (Å²) in [4.78, 5) is 5.40. The molecule has 0 bridgehead atoms. The van der Waals surface area contributed by atoms with Gasteiger partial charge in [0.15, 0.2) is 5.82 Å². The molecule has 2 heterocycles. The molecule has 2 aliphatic carbocycles. The molecule has 2 saturated carbocycles. The Morgan fingerprint density at radius 2 is 1.56 bits per heavy atom. The molecule has 0 N–H and O–H groups in total. The van der Waals surface area contributed by atoms with Gasteiger partial charge in [-0.15, -0.1) is 5.10 Å². The van der Waals surface area contributed by atoms with Crippen LogP contribution in [0.15, 0.2) is 0 Å². The van der Waals surface area contributed by atoms with E-state index in [1.54, 1.807) is 0 Å². The molecule has 1 saturated heterocycles. The monoisotopic (exact) mass is 346 g/mol. The van der Waals surface area contributed by atoms with Crippen LogP contribution in [-0.4, -0.2) is 62.2 Å². The molecule has 1 atom stereocenters. The van der Waals surface area contributed by atoms with Gasteiger partial charge in [0.2, 0.25) is 0 Å². The fourth-order valence-electron chi connectivity index (χ4n) is 5.26. The van der Waals surface area contributed by atoms with Gasteiger partial charge in [-0.2, -0.15) is 0 Å². The van der Waals surface area contributed by atoms with Crippen LogP contribution < -0.4 is 0 Å². The van der Waals surface area contributed by atoms with E-state index in [0.29, 0.717) is 12.1 Å². The summed E-state index contributed by atoms with van der Waals surface area (Å²) in [7, 11) is 0. The molecule has 25 heavy (non-hydrogen) atoms. The number of aromatic nitrogens is 4. The average molecular weight is 347 g/mol. The molecule has 6 heteroatoms. The molecule has 0 spiro atoms. The van der Waals surface area contributed by atoms with Gasteiger partial charge in [0.25, 0.3) is 0 Å². The van der Waals surface area contributed by atoms with Crippen molar-refractivity contribution in [3.8, 4) is 0 Å². The Bertz CT molecular complexity index is 524. The Kier molecular flexibility index (Phi) is 5.66. The van der Waals surface area contributed by atoms with Crippen LogP contribution in [0.25, 0.3) is 0 Å². The standard InChI is InChI=1S/C19H34N6/c1-2-7-18(19-20-21-22-25(19)17-10-5-6-11-17)24-14-12-23(13-15-24)16-8-3-4-9-16/h16-18H,2-15H2,1H3/t18-/m0/s1. The minimum atomic E-state index is 0.395.